The number of hydrogen-bond acceptors (Lipinski definition) is 2. The van der Waals surface area contributed by atoms with Crippen molar-refractivity contribution in [3.63, 3.8) is 0 Å². The zero-order valence-corrected chi connectivity index (χ0v) is 7.20. The van der Waals surface area contributed by atoms with Crippen molar-refractivity contribution in [2.24, 2.45) is 17.6 Å². The smallest absolute Gasteiger partial charge is 0.0874 e. The van der Waals surface area contributed by atoms with Crippen molar-refractivity contribution >= 4 is 0 Å². The van der Waals surface area contributed by atoms with E-state index in [-0.39, 0.29) is 6.04 Å². The van der Waals surface area contributed by atoms with Crippen LogP contribution in [0.15, 0.2) is 12.2 Å². The van der Waals surface area contributed by atoms with Crippen LogP contribution < -0.4 is 5.73 Å². The molecule has 1 rings (SSSR count). The zero-order valence-electron chi connectivity index (χ0n) is 7.20. The van der Waals surface area contributed by atoms with Crippen LogP contribution in [-0.4, -0.2) is 17.3 Å². The first-order valence-electron chi connectivity index (χ1n) is 4.23. The van der Waals surface area contributed by atoms with E-state index < -0.39 is 6.10 Å². The van der Waals surface area contributed by atoms with Crippen molar-refractivity contribution in [2.45, 2.75) is 32.4 Å². The Morgan fingerprint density at radius 3 is 2.64 bits per heavy atom. The van der Waals surface area contributed by atoms with Crippen molar-refractivity contribution < 1.29 is 5.11 Å². The maximum Gasteiger partial charge on any atom is 0.0874 e. The van der Waals surface area contributed by atoms with Crippen LogP contribution in [0, 0.1) is 11.8 Å². The van der Waals surface area contributed by atoms with Gasteiger partial charge in [-0.15, -0.1) is 0 Å². The number of nitrogens with two attached hydrogens (primary N) is 1. The maximum atomic E-state index is 9.39. The topological polar surface area (TPSA) is 46.2 Å². The fourth-order valence-corrected chi connectivity index (χ4v) is 1.63. The largest absolute Gasteiger partial charge is 0.387 e. The molecule has 64 valence electrons. The summed E-state index contributed by atoms with van der Waals surface area (Å²) in [6.07, 6.45) is 4.40. The first-order valence-corrected chi connectivity index (χ1v) is 4.23. The zero-order chi connectivity index (χ0) is 8.43. The lowest BCUT2D eigenvalue weighted by Crippen LogP contribution is -2.44. The van der Waals surface area contributed by atoms with Crippen LogP contribution in [0.4, 0.5) is 0 Å². The summed E-state index contributed by atoms with van der Waals surface area (Å²) in [6, 6.07) is -0.0694. The average molecular weight is 155 g/mol. The normalized spacial score (nSPS) is 38.1. The molecule has 0 amide bonds. The van der Waals surface area contributed by atoms with E-state index in [0.29, 0.717) is 11.8 Å². The molecule has 1 aliphatic carbocycles. The van der Waals surface area contributed by atoms with E-state index in [0.717, 1.165) is 6.42 Å². The molecule has 2 heteroatoms. The molecule has 0 spiro atoms. The van der Waals surface area contributed by atoms with Crippen LogP contribution in [0.3, 0.4) is 0 Å². The molecule has 0 aromatic carbocycles. The molecular formula is C9H17NO. The Balaban J connectivity index is 2.62. The van der Waals surface area contributed by atoms with Gasteiger partial charge in [-0.25, -0.2) is 0 Å². The summed E-state index contributed by atoms with van der Waals surface area (Å²) >= 11 is 0. The van der Waals surface area contributed by atoms with Crippen LogP contribution in [0.5, 0.6) is 0 Å². The van der Waals surface area contributed by atoms with Gasteiger partial charge in [0.15, 0.2) is 0 Å². The van der Waals surface area contributed by atoms with E-state index in [1.807, 2.05) is 6.08 Å². The Morgan fingerprint density at radius 2 is 2.18 bits per heavy atom. The molecule has 0 aromatic heterocycles. The monoisotopic (exact) mass is 155 g/mol. The van der Waals surface area contributed by atoms with Crippen LogP contribution in [0.1, 0.15) is 20.3 Å². The third-order valence-electron chi connectivity index (χ3n) is 2.49. The Kier molecular flexibility index (Phi) is 2.68. The number of aliphatic hydroxyl groups is 1. The van der Waals surface area contributed by atoms with Gasteiger partial charge in [0, 0.05) is 6.04 Å². The Morgan fingerprint density at radius 1 is 1.55 bits per heavy atom. The Hall–Kier alpha value is -0.340. The third kappa shape index (κ3) is 1.82. The fraction of sp³-hybridized carbons (Fsp3) is 0.778. The number of allylic oxidation sites excluding steroid dienone is 1. The van der Waals surface area contributed by atoms with Crippen molar-refractivity contribution in [2.75, 3.05) is 0 Å². The van der Waals surface area contributed by atoms with Gasteiger partial charge in [-0.05, 0) is 18.3 Å². The molecule has 11 heavy (non-hydrogen) atoms. The highest BCUT2D eigenvalue weighted by atomic mass is 16.3. The Bertz CT molecular complexity index is 154. The minimum absolute atomic E-state index is 0.0694. The molecule has 0 radical (unpaired) electrons. The summed E-state index contributed by atoms with van der Waals surface area (Å²) in [5.41, 5.74) is 5.82. The summed E-state index contributed by atoms with van der Waals surface area (Å²) in [4.78, 5) is 0. The highest BCUT2D eigenvalue weighted by molar-refractivity contribution is 5.03. The number of rotatable bonds is 1. The van der Waals surface area contributed by atoms with Gasteiger partial charge in [0.1, 0.15) is 0 Å². The molecule has 2 nitrogen and oxygen atoms in total. The molecule has 0 saturated heterocycles. The highest BCUT2D eigenvalue weighted by Crippen LogP contribution is 2.24. The second kappa shape index (κ2) is 3.37. The molecule has 0 aliphatic heterocycles. The van der Waals surface area contributed by atoms with E-state index >= 15 is 0 Å². The van der Waals surface area contributed by atoms with Crippen LogP contribution in [0.25, 0.3) is 0 Å². The quantitative estimate of drug-likeness (QED) is 0.553. The van der Waals surface area contributed by atoms with Crippen molar-refractivity contribution in [3.05, 3.63) is 12.2 Å². The number of hydrogen-bond donors (Lipinski definition) is 2. The highest BCUT2D eigenvalue weighted by Gasteiger charge is 2.27. The van der Waals surface area contributed by atoms with E-state index in [1.54, 1.807) is 6.08 Å². The van der Waals surface area contributed by atoms with Crippen molar-refractivity contribution in [1.82, 2.24) is 0 Å². The van der Waals surface area contributed by atoms with Gasteiger partial charge in [-0.2, -0.15) is 0 Å². The molecule has 0 bridgehead atoms. The van der Waals surface area contributed by atoms with Gasteiger partial charge in [0.05, 0.1) is 6.10 Å². The molecule has 3 N–H and O–H groups in total. The summed E-state index contributed by atoms with van der Waals surface area (Å²) in [6.45, 7) is 4.30. The summed E-state index contributed by atoms with van der Waals surface area (Å²) in [7, 11) is 0. The SMILES string of the molecule is CC(C)[C@H]1CC=C[C@@H](O)[C@@H]1N. The Labute approximate surface area is 68.1 Å². The van der Waals surface area contributed by atoms with Gasteiger partial charge in [0.2, 0.25) is 0 Å². The molecule has 0 saturated carbocycles. The second-order valence-corrected chi connectivity index (χ2v) is 3.64. The fourth-order valence-electron chi connectivity index (χ4n) is 1.63. The summed E-state index contributed by atoms with van der Waals surface area (Å²) in [5, 5.41) is 9.39. The average Bonchev–Trinajstić information content (AvgIpc) is 1.94. The second-order valence-electron chi connectivity index (χ2n) is 3.64. The van der Waals surface area contributed by atoms with Crippen LogP contribution in [0.2, 0.25) is 0 Å². The molecular weight excluding hydrogens is 138 g/mol. The number of aliphatic hydroxyl groups excluding tert-OH is 1. The predicted molar refractivity (Wildman–Crippen MR) is 46.1 cm³/mol. The van der Waals surface area contributed by atoms with E-state index in [4.69, 9.17) is 5.73 Å². The van der Waals surface area contributed by atoms with Crippen molar-refractivity contribution in [3.8, 4) is 0 Å². The lowest BCUT2D eigenvalue weighted by molar-refractivity contribution is 0.131. The molecule has 0 heterocycles. The molecule has 0 unspecified atom stereocenters. The van der Waals surface area contributed by atoms with Gasteiger partial charge in [-0.1, -0.05) is 26.0 Å². The van der Waals surface area contributed by atoms with E-state index in [9.17, 15) is 5.11 Å². The molecule has 0 aromatic rings. The van der Waals surface area contributed by atoms with Gasteiger partial charge in [0.25, 0.3) is 0 Å². The molecule has 1 aliphatic rings. The van der Waals surface area contributed by atoms with Crippen molar-refractivity contribution in [1.29, 1.82) is 0 Å². The predicted octanol–water partition coefficient (Wildman–Crippen LogP) is 0.907. The third-order valence-corrected chi connectivity index (χ3v) is 2.49. The lowest BCUT2D eigenvalue weighted by Gasteiger charge is -2.31. The van der Waals surface area contributed by atoms with E-state index in [1.165, 1.54) is 0 Å². The molecule has 3 atom stereocenters. The van der Waals surface area contributed by atoms with Crippen LogP contribution in [-0.2, 0) is 0 Å². The minimum atomic E-state index is -0.434. The lowest BCUT2D eigenvalue weighted by atomic mass is 9.80. The standard InChI is InChI=1S/C9H17NO/c1-6(2)7-4-3-5-8(11)9(7)10/h3,5-9,11H,4,10H2,1-2H3/t7-,8-,9-/m1/s1. The first kappa shape index (κ1) is 8.75. The first-order chi connectivity index (χ1) is 5.13. The summed E-state index contributed by atoms with van der Waals surface area (Å²) in [5.74, 6) is 1.000. The van der Waals surface area contributed by atoms with Gasteiger partial charge < -0.3 is 10.8 Å². The maximum absolute atomic E-state index is 9.39. The van der Waals surface area contributed by atoms with Gasteiger partial charge in [-0.3, -0.25) is 0 Å². The molecule has 0 fully saturated rings. The van der Waals surface area contributed by atoms with Crippen LogP contribution >= 0.6 is 0 Å². The summed E-state index contributed by atoms with van der Waals surface area (Å²) < 4.78 is 0. The van der Waals surface area contributed by atoms with E-state index in [2.05, 4.69) is 13.8 Å². The van der Waals surface area contributed by atoms with Gasteiger partial charge >= 0.3 is 0 Å². The minimum Gasteiger partial charge on any atom is -0.387 e.